The number of rotatable bonds is 5. The maximum Gasteiger partial charge on any atom is 0.310 e. The first-order chi connectivity index (χ1) is 9.51. The molecule has 0 atom stereocenters. The van der Waals surface area contributed by atoms with Crippen LogP contribution in [0.15, 0.2) is 30.6 Å². The normalized spacial score (nSPS) is 10.8. The van der Waals surface area contributed by atoms with E-state index in [2.05, 4.69) is 5.10 Å². The molecule has 1 aromatic heterocycles. The summed E-state index contributed by atoms with van der Waals surface area (Å²) < 4.78 is 7.34. The summed E-state index contributed by atoms with van der Waals surface area (Å²) in [6.07, 6.45) is 3.52. The summed E-state index contributed by atoms with van der Waals surface area (Å²) in [4.78, 5) is 10.6. The summed E-state index contributed by atoms with van der Waals surface area (Å²) in [5.74, 6) is 0.284. The first-order valence-corrected chi connectivity index (χ1v) is 6.49. The molecule has 106 valence electrons. The Hall–Kier alpha value is -2.37. The molecular formula is C14H17N3O3. The van der Waals surface area contributed by atoms with Gasteiger partial charge in [0.05, 0.1) is 17.2 Å². The third-order valence-electron chi connectivity index (χ3n) is 2.81. The van der Waals surface area contributed by atoms with Crippen LogP contribution < -0.4 is 4.74 Å². The zero-order chi connectivity index (χ0) is 14.7. The van der Waals surface area contributed by atoms with Crippen molar-refractivity contribution in [2.75, 3.05) is 0 Å². The topological polar surface area (TPSA) is 70.2 Å². The van der Waals surface area contributed by atoms with Gasteiger partial charge < -0.3 is 4.74 Å². The van der Waals surface area contributed by atoms with E-state index in [0.717, 1.165) is 17.7 Å². The van der Waals surface area contributed by atoms with Crippen LogP contribution in [0.25, 0.3) is 11.1 Å². The van der Waals surface area contributed by atoms with Gasteiger partial charge in [-0.2, -0.15) is 5.10 Å². The number of hydrogen-bond donors (Lipinski definition) is 0. The molecule has 0 spiro atoms. The van der Waals surface area contributed by atoms with Gasteiger partial charge in [-0.3, -0.25) is 14.8 Å². The van der Waals surface area contributed by atoms with Gasteiger partial charge in [0.25, 0.3) is 0 Å². The summed E-state index contributed by atoms with van der Waals surface area (Å²) in [5.41, 5.74) is 1.74. The van der Waals surface area contributed by atoms with Crippen molar-refractivity contribution in [1.82, 2.24) is 9.78 Å². The predicted octanol–water partition coefficient (Wildman–Crippen LogP) is 3.27. The van der Waals surface area contributed by atoms with Gasteiger partial charge in [-0.25, -0.2) is 0 Å². The van der Waals surface area contributed by atoms with E-state index >= 15 is 0 Å². The predicted molar refractivity (Wildman–Crippen MR) is 75.8 cm³/mol. The van der Waals surface area contributed by atoms with Gasteiger partial charge in [-0.15, -0.1) is 0 Å². The van der Waals surface area contributed by atoms with E-state index in [4.69, 9.17) is 4.74 Å². The Morgan fingerprint density at radius 1 is 1.40 bits per heavy atom. The number of nitro benzene ring substituents is 1. The number of nitrogens with zero attached hydrogens (tertiary/aromatic N) is 3. The average molecular weight is 275 g/mol. The van der Waals surface area contributed by atoms with Crippen LogP contribution >= 0.6 is 0 Å². The molecule has 0 bridgehead atoms. The largest absolute Gasteiger partial charge is 0.484 e. The van der Waals surface area contributed by atoms with Gasteiger partial charge in [0.2, 0.25) is 0 Å². The quantitative estimate of drug-likeness (QED) is 0.620. The fraction of sp³-hybridized carbons (Fsp3) is 0.357. The van der Waals surface area contributed by atoms with Gasteiger partial charge >= 0.3 is 5.69 Å². The molecule has 2 aromatic rings. The van der Waals surface area contributed by atoms with Crippen LogP contribution in [0.3, 0.4) is 0 Å². The van der Waals surface area contributed by atoms with Gasteiger partial charge in [0.15, 0.2) is 5.75 Å². The standard InChI is InChI=1S/C14H17N3O3/c1-4-16-9-12(8-15-16)11-5-6-13(17(18)19)14(7-11)20-10(2)3/h5-10H,4H2,1-3H3. The fourth-order valence-corrected chi connectivity index (χ4v) is 1.88. The molecule has 0 aliphatic heterocycles. The number of aromatic nitrogens is 2. The second-order valence-electron chi connectivity index (χ2n) is 4.69. The lowest BCUT2D eigenvalue weighted by Crippen LogP contribution is -2.07. The highest BCUT2D eigenvalue weighted by Gasteiger charge is 2.17. The molecule has 0 saturated carbocycles. The van der Waals surface area contributed by atoms with Gasteiger partial charge in [0.1, 0.15) is 0 Å². The van der Waals surface area contributed by atoms with Crippen LogP contribution in [0.1, 0.15) is 20.8 Å². The van der Waals surface area contributed by atoms with Crippen molar-refractivity contribution in [1.29, 1.82) is 0 Å². The zero-order valence-corrected chi connectivity index (χ0v) is 11.7. The van der Waals surface area contributed by atoms with E-state index in [1.54, 1.807) is 23.0 Å². The molecule has 0 N–H and O–H groups in total. The Bertz CT molecular complexity index is 620. The van der Waals surface area contributed by atoms with E-state index in [-0.39, 0.29) is 17.5 Å². The van der Waals surface area contributed by atoms with E-state index in [9.17, 15) is 10.1 Å². The number of hydrogen-bond acceptors (Lipinski definition) is 4. The number of benzene rings is 1. The molecule has 0 fully saturated rings. The van der Waals surface area contributed by atoms with E-state index in [0.29, 0.717) is 0 Å². The fourth-order valence-electron chi connectivity index (χ4n) is 1.88. The molecule has 0 amide bonds. The molecule has 6 nitrogen and oxygen atoms in total. The highest BCUT2D eigenvalue weighted by atomic mass is 16.6. The van der Waals surface area contributed by atoms with Gasteiger partial charge in [-0.05, 0) is 38.5 Å². The Morgan fingerprint density at radius 2 is 2.15 bits per heavy atom. The second kappa shape index (κ2) is 5.73. The third kappa shape index (κ3) is 2.96. The van der Waals surface area contributed by atoms with Crippen molar-refractivity contribution >= 4 is 5.69 Å². The molecule has 0 unspecified atom stereocenters. The molecule has 0 aliphatic carbocycles. The molecule has 1 heterocycles. The van der Waals surface area contributed by atoms with E-state index < -0.39 is 4.92 Å². The van der Waals surface area contributed by atoms with Crippen molar-refractivity contribution in [2.45, 2.75) is 33.4 Å². The van der Waals surface area contributed by atoms with Crippen molar-refractivity contribution in [3.05, 3.63) is 40.7 Å². The first kappa shape index (κ1) is 14.0. The SMILES string of the molecule is CCn1cc(-c2ccc([N+](=O)[O-])c(OC(C)C)c2)cn1. The van der Waals surface area contributed by atoms with Crippen LogP contribution in [-0.4, -0.2) is 20.8 Å². The maximum absolute atomic E-state index is 11.0. The number of aryl methyl sites for hydroxylation is 1. The highest BCUT2D eigenvalue weighted by Crippen LogP contribution is 2.32. The number of nitro groups is 1. The molecule has 0 radical (unpaired) electrons. The molecule has 0 aliphatic rings. The van der Waals surface area contributed by atoms with Crippen LogP contribution in [0, 0.1) is 10.1 Å². The lowest BCUT2D eigenvalue weighted by atomic mass is 10.1. The lowest BCUT2D eigenvalue weighted by Gasteiger charge is -2.11. The highest BCUT2D eigenvalue weighted by molar-refractivity contribution is 5.67. The third-order valence-corrected chi connectivity index (χ3v) is 2.81. The molecule has 0 saturated heterocycles. The van der Waals surface area contributed by atoms with Crippen LogP contribution in [0.2, 0.25) is 0 Å². The van der Waals surface area contributed by atoms with E-state index in [1.807, 2.05) is 27.0 Å². The number of ether oxygens (including phenoxy) is 1. The Balaban J connectivity index is 2.42. The average Bonchev–Trinajstić information content (AvgIpc) is 2.86. The molecule has 2 rings (SSSR count). The minimum absolute atomic E-state index is 0.0228. The summed E-state index contributed by atoms with van der Waals surface area (Å²) in [7, 11) is 0. The summed E-state index contributed by atoms with van der Waals surface area (Å²) in [6, 6.07) is 4.87. The minimum atomic E-state index is -0.434. The van der Waals surface area contributed by atoms with Crippen LogP contribution in [-0.2, 0) is 6.54 Å². The van der Waals surface area contributed by atoms with Crippen molar-refractivity contribution in [3.8, 4) is 16.9 Å². The molecule has 6 heteroatoms. The zero-order valence-electron chi connectivity index (χ0n) is 11.7. The molecule has 20 heavy (non-hydrogen) atoms. The smallest absolute Gasteiger partial charge is 0.310 e. The Labute approximate surface area is 117 Å². The van der Waals surface area contributed by atoms with Gasteiger partial charge in [0, 0.05) is 24.4 Å². The second-order valence-corrected chi connectivity index (χ2v) is 4.69. The molecular weight excluding hydrogens is 258 g/mol. The summed E-state index contributed by atoms with van der Waals surface area (Å²) in [6.45, 7) is 6.46. The lowest BCUT2D eigenvalue weighted by molar-refractivity contribution is -0.386. The van der Waals surface area contributed by atoms with E-state index in [1.165, 1.54) is 6.07 Å². The van der Waals surface area contributed by atoms with Gasteiger partial charge in [-0.1, -0.05) is 0 Å². The van der Waals surface area contributed by atoms with Crippen molar-refractivity contribution in [2.24, 2.45) is 0 Å². The monoisotopic (exact) mass is 275 g/mol. The minimum Gasteiger partial charge on any atom is -0.484 e. The van der Waals surface area contributed by atoms with Crippen molar-refractivity contribution < 1.29 is 9.66 Å². The van der Waals surface area contributed by atoms with Crippen LogP contribution in [0.5, 0.6) is 5.75 Å². The maximum atomic E-state index is 11.0. The Kier molecular flexibility index (Phi) is 4.02. The Morgan fingerprint density at radius 3 is 2.70 bits per heavy atom. The summed E-state index contributed by atoms with van der Waals surface area (Å²) >= 11 is 0. The van der Waals surface area contributed by atoms with Crippen LogP contribution in [0.4, 0.5) is 5.69 Å². The molecule has 1 aromatic carbocycles. The first-order valence-electron chi connectivity index (χ1n) is 6.49. The van der Waals surface area contributed by atoms with Crippen molar-refractivity contribution in [3.63, 3.8) is 0 Å². The summed E-state index contributed by atoms with van der Waals surface area (Å²) in [5, 5.41) is 15.2.